The standard InChI is InChI=1S/C19H24N6O6S2.CHF3O3S/c1-25(3-5-31-6-4-25)7-12-15(18(28)29)24-11(9-32-12)14(17(24)27)22-16(26)13(23-30-2)10-8-33-19(20)21-10;2-1(3,4)8(5,6)7/h8,11,14H,3-7,9H2,1-2H3,(H3-,20,21,22,26,28,29);(H,5,6,7). The van der Waals surface area contributed by atoms with Crippen LogP contribution in [0.15, 0.2) is 21.1 Å². The lowest BCUT2D eigenvalue weighted by molar-refractivity contribution is -0.911. The van der Waals surface area contributed by atoms with E-state index < -0.39 is 45.5 Å². The van der Waals surface area contributed by atoms with E-state index in [0.717, 1.165) is 24.4 Å². The number of aliphatic carboxylic acids is 1. The van der Waals surface area contributed by atoms with E-state index in [1.54, 1.807) is 5.38 Å². The number of carboxylic acids is 1. The maximum atomic E-state index is 13.0. The van der Waals surface area contributed by atoms with Gasteiger partial charge >= 0.3 is 11.5 Å². The highest BCUT2D eigenvalue weighted by atomic mass is 32.2. The van der Waals surface area contributed by atoms with Crippen LogP contribution in [0.2, 0.25) is 0 Å². The number of anilines is 1. The van der Waals surface area contributed by atoms with Crippen molar-refractivity contribution in [3.63, 3.8) is 0 Å². The Labute approximate surface area is 239 Å². The molecule has 0 aromatic carbocycles. The van der Waals surface area contributed by atoms with Gasteiger partial charge in [-0.1, -0.05) is 5.16 Å². The summed E-state index contributed by atoms with van der Waals surface area (Å²) < 4.78 is 65.0. The first-order valence-electron chi connectivity index (χ1n) is 11.5. The molecule has 228 valence electrons. The summed E-state index contributed by atoms with van der Waals surface area (Å²) in [7, 11) is -2.74. The van der Waals surface area contributed by atoms with Gasteiger partial charge in [-0.2, -0.15) is 13.2 Å². The van der Waals surface area contributed by atoms with Gasteiger partial charge in [0.25, 0.3) is 11.8 Å². The van der Waals surface area contributed by atoms with Gasteiger partial charge in [0.15, 0.2) is 21.0 Å². The SMILES string of the molecule is CON=C(C(=O)NC1C(=O)N2C(C(=O)O)=C(C[N+]3(C)CCOCC3)SCC12)c1csc(N)n1.O=S(=O)([O-])C(F)(F)F. The monoisotopic (exact) mass is 646 g/mol. The Morgan fingerprint density at radius 3 is 2.49 bits per heavy atom. The number of carbonyl (C=O) groups excluding carboxylic acids is 2. The zero-order valence-corrected chi connectivity index (χ0v) is 23.9. The van der Waals surface area contributed by atoms with Crippen molar-refractivity contribution in [1.82, 2.24) is 15.2 Å². The van der Waals surface area contributed by atoms with Crippen LogP contribution in [0.25, 0.3) is 0 Å². The number of amides is 2. The highest BCUT2D eigenvalue weighted by Gasteiger charge is 2.54. The van der Waals surface area contributed by atoms with Crippen molar-refractivity contribution in [3.8, 4) is 0 Å². The van der Waals surface area contributed by atoms with E-state index in [9.17, 15) is 32.7 Å². The smallest absolute Gasteiger partial charge is 0.485 e. The molecular weight excluding hydrogens is 621 g/mol. The van der Waals surface area contributed by atoms with Crippen molar-refractivity contribution in [2.45, 2.75) is 17.6 Å². The number of rotatable bonds is 7. The van der Waals surface area contributed by atoms with Gasteiger partial charge in [-0.15, -0.1) is 23.1 Å². The van der Waals surface area contributed by atoms with Gasteiger partial charge in [0, 0.05) is 11.1 Å². The molecule has 0 radical (unpaired) electrons. The molecule has 0 aliphatic carbocycles. The molecule has 41 heavy (non-hydrogen) atoms. The number of carbonyl (C=O) groups is 3. The molecule has 0 bridgehead atoms. The molecule has 2 amide bonds. The molecule has 2 atom stereocenters. The zero-order valence-electron chi connectivity index (χ0n) is 21.4. The van der Waals surface area contributed by atoms with Crippen LogP contribution in [0.1, 0.15) is 5.69 Å². The summed E-state index contributed by atoms with van der Waals surface area (Å²) in [6, 6.07) is -1.34. The number of ether oxygens (including phenoxy) is 1. The van der Waals surface area contributed by atoms with Crippen LogP contribution in [-0.4, -0.2) is 126 Å². The molecule has 1 aromatic rings. The number of hydrogen-bond donors (Lipinski definition) is 3. The van der Waals surface area contributed by atoms with Gasteiger partial charge in [0.1, 0.15) is 44.2 Å². The number of halogens is 3. The van der Waals surface area contributed by atoms with E-state index in [1.165, 1.54) is 23.8 Å². The van der Waals surface area contributed by atoms with E-state index in [4.69, 9.17) is 28.3 Å². The second kappa shape index (κ2) is 12.5. The number of likely N-dealkylation sites (N-methyl/N-ethyl adjacent to an activating group) is 1. The summed E-state index contributed by atoms with van der Waals surface area (Å²) in [5.74, 6) is -1.80. The van der Waals surface area contributed by atoms with Crippen LogP contribution < -0.4 is 11.1 Å². The third-order valence-corrected chi connectivity index (χ3v) is 8.58. The first-order chi connectivity index (χ1) is 19.0. The predicted molar refractivity (Wildman–Crippen MR) is 137 cm³/mol. The molecule has 4 N–H and O–H groups in total. The minimum absolute atomic E-state index is 0.00403. The number of thiazole rings is 1. The van der Waals surface area contributed by atoms with E-state index in [0.29, 0.717) is 34.9 Å². The number of aromatic nitrogens is 1. The Balaban J connectivity index is 0.000000507. The quantitative estimate of drug-likeness (QED) is 0.0841. The Morgan fingerprint density at radius 2 is 2.00 bits per heavy atom. The molecule has 2 unspecified atom stereocenters. The highest BCUT2D eigenvalue weighted by molar-refractivity contribution is 8.03. The predicted octanol–water partition coefficient (Wildman–Crippen LogP) is -0.657. The highest BCUT2D eigenvalue weighted by Crippen LogP contribution is 2.40. The van der Waals surface area contributed by atoms with Crippen molar-refractivity contribution in [2.24, 2.45) is 5.16 Å². The van der Waals surface area contributed by atoms with Gasteiger partial charge in [0.05, 0.1) is 31.2 Å². The van der Waals surface area contributed by atoms with E-state index in [2.05, 4.69) is 22.5 Å². The number of fused-ring (bicyclic) bond motifs is 1. The number of quaternary nitrogens is 1. The van der Waals surface area contributed by atoms with Crippen molar-refractivity contribution in [2.75, 3.05) is 58.5 Å². The fraction of sp³-hybridized carbons (Fsp3) is 0.550. The minimum atomic E-state index is -6.09. The van der Waals surface area contributed by atoms with E-state index in [-0.39, 0.29) is 22.2 Å². The topological polar surface area (TPSA) is 214 Å². The molecule has 0 spiro atoms. The number of alkyl halides is 3. The Kier molecular flexibility index (Phi) is 9.91. The van der Waals surface area contributed by atoms with Gasteiger partial charge < -0.3 is 34.8 Å². The third-order valence-electron chi connectivity index (χ3n) is 6.16. The van der Waals surface area contributed by atoms with E-state index >= 15 is 0 Å². The average molecular weight is 647 g/mol. The average Bonchev–Trinajstić information content (AvgIpc) is 3.30. The fourth-order valence-corrected chi connectivity index (χ4v) is 6.06. The van der Waals surface area contributed by atoms with Gasteiger partial charge in [-0.3, -0.25) is 14.5 Å². The number of carboxylic acid groups (broad SMARTS) is 1. The van der Waals surface area contributed by atoms with Crippen LogP contribution in [0.4, 0.5) is 18.3 Å². The number of nitrogen functional groups attached to an aromatic ring is 1. The zero-order chi connectivity index (χ0) is 30.8. The molecule has 21 heteroatoms. The van der Waals surface area contributed by atoms with Crippen LogP contribution >= 0.6 is 23.1 Å². The van der Waals surface area contributed by atoms with Gasteiger partial charge in [-0.05, 0) is 0 Å². The number of thioether (sulfide) groups is 1. The summed E-state index contributed by atoms with van der Waals surface area (Å²) in [4.78, 5) is 48.7. The second-order valence-electron chi connectivity index (χ2n) is 9.05. The van der Waals surface area contributed by atoms with Crippen molar-refractivity contribution < 1.29 is 59.7 Å². The summed E-state index contributed by atoms with van der Waals surface area (Å²) in [5.41, 5.74) is 0.111. The number of nitrogens with zero attached hydrogens (tertiary/aromatic N) is 4. The Morgan fingerprint density at radius 1 is 1.39 bits per heavy atom. The van der Waals surface area contributed by atoms with Crippen molar-refractivity contribution in [3.05, 3.63) is 21.7 Å². The van der Waals surface area contributed by atoms with Gasteiger partial charge in [-0.25, -0.2) is 18.2 Å². The molecule has 0 saturated carbocycles. The molecule has 3 aliphatic heterocycles. The number of morpholine rings is 1. The van der Waals surface area contributed by atoms with Crippen LogP contribution in [0.5, 0.6) is 0 Å². The van der Waals surface area contributed by atoms with Crippen LogP contribution in [0, 0.1) is 0 Å². The van der Waals surface area contributed by atoms with Crippen LogP contribution in [-0.2, 0) is 34.1 Å². The maximum Gasteiger partial charge on any atom is 0.485 e. The third kappa shape index (κ3) is 7.46. The lowest BCUT2D eigenvalue weighted by atomic mass is 9.94. The number of nitrogens with two attached hydrogens (primary N) is 1. The molecule has 2 fully saturated rings. The van der Waals surface area contributed by atoms with Gasteiger partial charge in [0.2, 0.25) is 0 Å². The molecule has 15 nitrogen and oxygen atoms in total. The summed E-state index contributed by atoms with van der Waals surface area (Å²) >= 11 is 2.56. The summed E-state index contributed by atoms with van der Waals surface area (Å²) in [6.07, 6.45) is 0. The number of nitrogens with one attached hydrogen (secondary N) is 1. The number of oxime groups is 1. The molecule has 2 saturated heterocycles. The first-order valence-corrected chi connectivity index (χ1v) is 14.8. The summed E-state index contributed by atoms with van der Waals surface area (Å²) in [5, 5.41) is 18.1. The minimum Gasteiger partial charge on any atom is -0.741 e. The van der Waals surface area contributed by atoms with Crippen LogP contribution in [0.3, 0.4) is 0 Å². The maximum absolute atomic E-state index is 13.0. The summed E-state index contributed by atoms with van der Waals surface area (Å²) in [6.45, 7) is 3.29. The molecule has 4 rings (SSSR count). The lowest BCUT2D eigenvalue weighted by Crippen LogP contribution is -2.73. The largest absolute Gasteiger partial charge is 0.741 e. The number of hydrogen-bond acceptors (Lipinski definition) is 13. The Hall–Kier alpha value is -2.98. The number of β-lactam (4-membered cyclic amide) rings is 1. The first kappa shape index (κ1) is 32.5. The molecule has 4 heterocycles. The second-order valence-corrected chi connectivity index (χ2v) is 12.4. The molecular formula is C20H25F3N6O9S3. The fourth-order valence-electron chi connectivity index (χ4n) is 4.07. The Bertz CT molecular complexity index is 1360. The lowest BCUT2D eigenvalue weighted by Gasteiger charge is -2.50. The normalized spacial score (nSPS) is 22.6. The van der Waals surface area contributed by atoms with Crippen molar-refractivity contribution in [1.29, 1.82) is 0 Å². The molecule has 3 aliphatic rings. The van der Waals surface area contributed by atoms with E-state index in [1.807, 2.05) is 0 Å². The molecule has 1 aromatic heterocycles. The van der Waals surface area contributed by atoms with Crippen molar-refractivity contribution >= 4 is 61.8 Å².